The molecular weight excluding hydrogens is 238 g/mol. The number of amides is 1. The Balaban J connectivity index is 2.52. The number of anilines is 1. The topological polar surface area (TPSA) is 41.1 Å². The van der Waals surface area contributed by atoms with Crippen molar-refractivity contribution in [2.75, 3.05) is 11.9 Å². The van der Waals surface area contributed by atoms with Crippen LogP contribution in [0.4, 0.5) is 14.5 Å². The summed E-state index contributed by atoms with van der Waals surface area (Å²) >= 11 is 0. The second kappa shape index (κ2) is 6.86. The van der Waals surface area contributed by atoms with Crippen molar-refractivity contribution < 1.29 is 13.6 Å². The Morgan fingerprint density at radius 3 is 2.61 bits per heavy atom. The summed E-state index contributed by atoms with van der Waals surface area (Å²) in [5.74, 6) is -2.07. The lowest BCUT2D eigenvalue weighted by molar-refractivity contribution is -0.115. The van der Waals surface area contributed by atoms with E-state index in [0.29, 0.717) is 6.42 Å². The molecule has 0 saturated heterocycles. The molecule has 2 N–H and O–H groups in total. The molecule has 0 aliphatic rings. The van der Waals surface area contributed by atoms with E-state index in [0.717, 1.165) is 12.1 Å². The fraction of sp³-hybridized carbons (Fsp3) is 0.308. The Hall–Kier alpha value is -1.75. The minimum Gasteiger partial charge on any atom is -0.320 e. The van der Waals surface area contributed by atoms with E-state index in [1.54, 1.807) is 6.08 Å². The maximum atomic E-state index is 13.2. The summed E-state index contributed by atoms with van der Waals surface area (Å²) < 4.78 is 26.5. The zero-order chi connectivity index (χ0) is 13.5. The summed E-state index contributed by atoms with van der Waals surface area (Å²) in [5.41, 5.74) is -0.416. The Morgan fingerprint density at radius 2 is 2.06 bits per heavy atom. The van der Waals surface area contributed by atoms with E-state index in [1.807, 2.05) is 6.92 Å². The largest absolute Gasteiger partial charge is 0.320 e. The molecule has 1 atom stereocenters. The maximum absolute atomic E-state index is 13.2. The third kappa shape index (κ3) is 4.25. The molecular formula is C13H16F2N2O. The van der Waals surface area contributed by atoms with Crippen molar-refractivity contribution in [3.05, 3.63) is 42.5 Å². The molecule has 3 nitrogen and oxygen atoms in total. The van der Waals surface area contributed by atoms with Gasteiger partial charge >= 0.3 is 0 Å². The second-order valence-corrected chi connectivity index (χ2v) is 3.95. The van der Waals surface area contributed by atoms with Crippen LogP contribution in [0.5, 0.6) is 0 Å². The summed E-state index contributed by atoms with van der Waals surface area (Å²) in [6.45, 7) is 5.46. The van der Waals surface area contributed by atoms with Crippen LogP contribution in [0.25, 0.3) is 0 Å². The molecule has 18 heavy (non-hydrogen) atoms. The molecule has 0 heterocycles. The average molecular weight is 254 g/mol. The number of nitrogens with one attached hydrogen (secondary N) is 2. The number of halogens is 2. The molecule has 0 bridgehead atoms. The van der Waals surface area contributed by atoms with Crippen LogP contribution in [0.1, 0.15) is 13.3 Å². The number of benzene rings is 1. The highest BCUT2D eigenvalue weighted by Gasteiger charge is 2.12. The maximum Gasteiger partial charge on any atom is 0.238 e. The zero-order valence-electron chi connectivity index (χ0n) is 10.2. The lowest BCUT2D eigenvalue weighted by atomic mass is 10.2. The van der Waals surface area contributed by atoms with E-state index in [1.165, 1.54) is 6.07 Å². The highest BCUT2D eigenvalue weighted by atomic mass is 19.1. The number of carbonyl (C=O) groups excluding carboxylic acids is 1. The first-order chi connectivity index (χ1) is 8.54. The molecule has 0 spiro atoms. The summed E-state index contributed by atoms with van der Waals surface area (Å²) in [6.07, 6.45) is 2.44. The predicted molar refractivity (Wildman–Crippen MR) is 67.3 cm³/mol. The van der Waals surface area contributed by atoms with Crippen molar-refractivity contribution in [3.8, 4) is 0 Å². The van der Waals surface area contributed by atoms with Crippen LogP contribution in [-0.2, 0) is 4.79 Å². The lowest BCUT2D eigenvalue weighted by Gasteiger charge is -2.12. The predicted octanol–water partition coefficient (Wildman–Crippen LogP) is 2.46. The molecule has 0 aromatic heterocycles. The standard InChI is InChI=1S/C13H16F2N2O/c1-3-5-9(2)16-8-12(18)17-13-10(14)6-4-7-11(13)15/h3-4,6-7,9,16H,1,5,8H2,2H3,(H,17,18). The van der Waals surface area contributed by atoms with Gasteiger partial charge in [0.1, 0.15) is 17.3 Å². The SMILES string of the molecule is C=CCC(C)NCC(=O)Nc1c(F)cccc1F. The number of hydrogen-bond donors (Lipinski definition) is 2. The smallest absolute Gasteiger partial charge is 0.238 e. The van der Waals surface area contributed by atoms with E-state index >= 15 is 0 Å². The fourth-order valence-corrected chi connectivity index (χ4v) is 1.40. The molecule has 0 aliphatic carbocycles. The second-order valence-electron chi connectivity index (χ2n) is 3.95. The summed E-state index contributed by atoms with van der Waals surface area (Å²) in [4.78, 5) is 11.5. The van der Waals surface area contributed by atoms with Gasteiger partial charge < -0.3 is 10.6 Å². The molecule has 1 aromatic rings. The number of hydrogen-bond acceptors (Lipinski definition) is 2. The van der Waals surface area contributed by atoms with Gasteiger partial charge in [0, 0.05) is 6.04 Å². The van der Waals surface area contributed by atoms with Gasteiger partial charge in [-0.05, 0) is 25.5 Å². The van der Waals surface area contributed by atoms with Crippen LogP contribution >= 0.6 is 0 Å². The molecule has 1 rings (SSSR count). The summed E-state index contributed by atoms with van der Waals surface area (Å²) in [7, 11) is 0. The van der Waals surface area contributed by atoms with Crippen LogP contribution < -0.4 is 10.6 Å². The van der Waals surface area contributed by atoms with Crippen LogP contribution in [0.15, 0.2) is 30.9 Å². The van der Waals surface area contributed by atoms with E-state index in [9.17, 15) is 13.6 Å². The van der Waals surface area contributed by atoms with Gasteiger partial charge in [-0.25, -0.2) is 8.78 Å². The normalized spacial score (nSPS) is 11.9. The highest BCUT2D eigenvalue weighted by Crippen LogP contribution is 2.17. The molecule has 1 amide bonds. The average Bonchev–Trinajstić information content (AvgIpc) is 2.32. The Kier molecular flexibility index (Phi) is 5.45. The minimum atomic E-state index is -0.789. The monoisotopic (exact) mass is 254 g/mol. The van der Waals surface area contributed by atoms with Crippen molar-refractivity contribution in [3.63, 3.8) is 0 Å². The number of rotatable bonds is 6. The minimum absolute atomic E-state index is 0.0111. The summed E-state index contributed by atoms with van der Waals surface area (Å²) in [6, 6.07) is 3.50. The zero-order valence-corrected chi connectivity index (χ0v) is 10.2. The first kappa shape index (κ1) is 14.3. The quantitative estimate of drug-likeness (QED) is 0.766. The Morgan fingerprint density at radius 1 is 1.44 bits per heavy atom. The lowest BCUT2D eigenvalue weighted by Crippen LogP contribution is -2.34. The first-order valence-electron chi connectivity index (χ1n) is 5.62. The van der Waals surface area contributed by atoms with Gasteiger partial charge in [-0.15, -0.1) is 6.58 Å². The third-order valence-corrected chi connectivity index (χ3v) is 2.36. The van der Waals surface area contributed by atoms with Crippen molar-refractivity contribution in [1.29, 1.82) is 0 Å². The van der Waals surface area contributed by atoms with Gasteiger partial charge in [0.25, 0.3) is 0 Å². The molecule has 5 heteroatoms. The van der Waals surface area contributed by atoms with Crippen LogP contribution in [0.3, 0.4) is 0 Å². The van der Waals surface area contributed by atoms with Crippen molar-refractivity contribution in [1.82, 2.24) is 5.32 Å². The molecule has 1 aromatic carbocycles. The van der Waals surface area contributed by atoms with Gasteiger partial charge in [-0.2, -0.15) is 0 Å². The highest BCUT2D eigenvalue weighted by molar-refractivity contribution is 5.92. The van der Waals surface area contributed by atoms with Gasteiger partial charge in [0.15, 0.2) is 0 Å². The van der Waals surface area contributed by atoms with Gasteiger partial charge in [0.05, 0.1) is 6.54 Å². The van der Waals surface area contributed by atoms with Crippen molar-refractivity contribution in [2.45, 2.75) is 19.4 Å². The molecule has 0 radical (unpaired) electrons. The van der Waals surface area contributed by atoms with Crippen LogP contribution in [0, 0.1) is 11.6 Å². The van der Waals surface area contributed by atoms with Gasteiger partial charge in [-0.1, -0.05) is 12.1 Å². The number of para-hydroxylation sites is 1. The molecule has 98 valence electrons. The first-order valence-corrected chi connectivity index (χ1v) is 5.62. The van der Waals surface area contributed by atoms with E-state index in [-0.39, 0.29) is 12.6 Å². The van der Waals surface area contributed by atoms with E-state index in [2.05, 4.69) is 17.2 Å². The van der Waals surface area contributed by atoms with E-state index in [4.69, 9.17) is 0 Å². The molecule has 0 fully saturated rings. The molecule has 0 saturated carbocycles. The van der Waals surface area contributed by atoms with Crippen molar-refractivity contribution in [2.24, 2.45) is 0 Å². The fourth-order valence-electron chi connectivity index (χ4n) is 1.40. The molecule has 1 unspecified atom stereocenters. The third-order valence-electron chi connectivity index (χ3n) is 2.36. The van der Waals surface area contributed by atoms with E-state index < -0.39 is 23.2 Å². The van der Waals surface area contributed by atoms with Gasteiger partial charge in [-0.3, -0.25) is 4.79 Å². The number of carbonyl (C=O) groups is 1. The Bertz CT molecular complexity index is 415. The van der Waals surface area contributed by atoms with Crippen LogP contribution in [0.2, 0.25) is 0 Å². The molecule has 0 aliphatic heterocycles. The van der Waals surface area contributed by atoms with Crippen molar-refractivity contribution >= 4 is 11.6 Å². The Labute approximate surface area is 105 Å². The van der Waals surface area contributed by atoms with Crippen LogP contribution in [-0.4, -0.2) is 18.5 Å². The van der Waals surface area contributed by atoms with Gasteiger partial charge in [0.2, 0.25) is 5.91 Å². The summed E-state index contributed by atoms with van der Waals surface area (Å²) in [5, 5.41) is 5.11.